The van der Waals surface area contributed by atoms with Gasteiger partial charge in [0.05, 0.1) is 11.6 Å². The van der Waals surface area contributed by atoms with E-state index in [1.165, 1.54) is 4.90 Å². The maximum atomic E-state index is 13.2. The number of aliphatic hydroxyl groups is 1. The molecule has 8 nitrogen and oxygen atoms in total. The van der Waals surface area contributed by atoms with E-state index >= 15 is 0 Å². The van der Waals surface area contributed by atoms with Crippen LogP contribution in [0.4, 0.5) is 0 Å². The molecule has 0 saturated carbocycles. The molecule has 2 heterocycles. The van der Waals surface area contributed by atoms with E-state index in [-0.39, 0.29) is 11.3 Å². The van der Waals surface area contributed by atoms with E-state index in [1.807, 2.05) is 25.1 Å². The van der Waals surface area contributed by atoms with Crippen molar-refractivity contribution in [1.29, 1.82) is 0 Å². The Morgan fingerprint density at radius 2 is 1.94 bits per heavy atom. The second-order valence-corrected chi connectivity index (χ2v) is 8.68. The quantitative estimate of drug-likeness (QED) is 0.256. The predicted molar refractivity (Wildman–Crippen MR) is 132 cm³/mol. The van der Waals surface area contributed by atoms with Crippen molar-refractivity contribution in [2.45, 2.75) is 12.5 Å². The van der Waals surface area contributed by atoms with Gasteiger partial charge in [0.1, 0.15) is 31.3 Å². The van der Waals surface area contributed by atoms with E-state index in [9.17, 15) is 14.7 Å². The molecule has 8 heteroatoms. The van der Waals surface area contributed by atoms with Crippen LogP contribution in [-0.4, -0.2) is 73.6 Å². The third-order valence-corrected chi connectivity index (χ3v) is 5.90. The molecule has 4 rings (SSSR count). The number of fused-ring (bicyclic) bond motifs is 1. The number of ether oxygens (including phenoxy) is 3. The van der Waals surface area contributed by atoms with Gasteiger partial charge in [-0.2, -0.15) is 0 Å². The summed E-state index contributed by atoms with van der Waals surface area (Å²) in [7, 11) is 3.90. The molecule has 1 fully saturated rings. The number of hydrogen-bond acceptors (Lipinski definition) is 7. The maximum absolute atomic E-state index is 13.2. The molecule has 2 aliphatic heterocycles. The zero-order valence-corrected chi connectivity index (χ0v) is 20.0. The van der Waals surface area contributed by atoms with Crippen LogP contribution in [0.1, 0.15) is 23.6 Å². The van der Waals surface area contributed by atoms with E-state index in [4.69, 9.17) is 14.2 Å². The van der Waals surface area contributed by atoms with Gasteiger partial charge in [0.25, 0.3) is 11.7 Å². The highest BCUT2D eigenvalue weighted by molar-refractivity contribution is 6.46. The number of carbonyl (C=O) groups excluding carboxylic acids is 2. The number of amides is 1. The highest BCUT2D eigenvalue weighted by Gasteiger charge is 2.46. The molecule has 2 aromatic carbocycles. The minimum Gasteiger partial charge on any atom is -0.507 e. The van der Waals surface area contributed by atoms with Crippen LogP contribution in [0, 0.1) is 0 Å². The monoisotopic (exact) mass is 478 g/mol. The van der Waals surface area contributed by atoms with Crippen molar-refractivity contribution in [1.82, 2.24) is 9.80 Å². The molecule has 0 spiro atoms. The average Bonchev–Trinajstić information content (AvgIpc) is 3.11. The largest absolute Gasteiger partial charge is 0.507 e. The van der Waals surface area contributed by atoms with Gasteiger partial charge in [-0.05, 0) is 63.0 Å². The number of Topliss-reactive ketones (excluding diaryl/α,β-unsaturated/α-hetero) is 1. The summed E-state index contributed by atoms with van der Waals surface area (Å²) in [4.78, 5) is 29.9. The predicted octanol–water partition coefficient (Wildman–Crippen LogP) is 3.40. The lowest BCUT2D eigenvalue weighted by molar-refractivity contribution is -0.139. The molecular weight excluding hydrogens is 448 g/mol. The summed E-state index contributed by atoms with van der Waals surface area (Å²) in [5.74, 6) is 0.0332. The summed E-state index contributed by atoms with van der Waals surface area (Å²) in [6.07, 6.45) is 2.31. The first-order valence-corrected chi connectivity index (χ1v) is 11.6. The summed E-state index contributed by atoms with van der Waals surface area (Å²) < 4.78 is 16.9. The first-order chi connectivity index (χ1) is 16.9. The first-order valence-electron chi connectivity index (χ1n) is 11.6. The minimum atomic E-state index is -0.752. The van der Waals surface area contributed by atoms with Gasteiger partial charge in [0, 0.05) is 12.1 Å². The number of carbonyl (C=O) groups is 2. The number of aliphatic hydroxyl groups excluding tert-OH is 1. The van der Waals surface area contributed by atoms with Crippen LogP contribution < -0.4 is 14.2 Å². The fraction of sp³-hybridized carbons (Fsp3) is 0.333. The number of hydrogen-bond donors (Lipinski definition) is 1. The molecule has 0 radical (unpaired) electrons. The van der Waals surface area contributed by atoms with E-state index in [1.54, 1.807) is 42.5 Å². The number of ketones is 1. The molecule has 2 aromatic rings. The van der Waals surface area contributed by atoms with Gasteiger partial charge in [-0.3, -0.25) is 9.59 Å². The van der Waals surface area contributed by atoms with Gasteiger partial charge in [0.15, 0.2) is 11.5 Å². The fourth-order valence-electron chi connectivity index (χ4n) is 4.29. The fourth-order valence-corrected chi connectivity index (χ4v) is 4.29. The molecule has 1 saturated heterocycles. The van der Waals surface area contributed by atoms with Crippen molar-refractivity contribution in [2.75, 3.05) is 47.0 Å². The van der Waals surface area contributed by atoms with E-state index < -0.39 is 17.7 Å². The molecular formula is C27H30N2O6. The van der Waals surface area contributed by atoms with E-state index in [0.717, 1.165) is 6.54 Å². The van der Waals surface area contributed by atoms with Crippen molar-refractivity contribution in [2.24, 2.45) is 0 Å². The van der Waals surface area contributed by atoms with Crippen LogP contribution in [-0.2, 0) is 9.59 Å². The van der Waals surface area contributed by atoms with Crippen LogP contribution in [0.15, 0.2) is 60.7 Å². The van der Waals surface area contributed by atoms with Gasteiger partial charge < -0.3 is 29.1 Å². The third-order valence-electron chi connectivity index (χ3n) is 5.90. The van der Waals surface area contributed by atoms with Gasteiger partial charge in [0.2, 0.25) is 0 Å². The topological polar surface area (TPSA) is 88.5 Å². The zero-order valence-electron chi connectivity index (χ0n) is 20.0. The molecule has 1 atom stereocenters. The zero-order chi connectivity index (χ0) is 24.9. The molecule has 0 unspecified atom stereocenters. The molecule has 35 heavy (non-hydrogen) atoms. The van der Waals surface area contributed by atoms with Crippen molar-refractivity contribution >= 4 is 17.4 Å². The Balaban J connectivity index is 1.78. The van der Waals surface area contributed by atoms with Crippen molar-refractivity contribution in [3.63, 3.8) is 0 Å². The second kappa shape index (κ2) is 10.7. The number of benzene rings is 2. The van der Waals surface area contributed by atoms with E-state index in [2.05, 4.69) is 6.58 Å². The van der Waals surface area contributed by atoms with Crippen molar-refractivity contribution < 1.29 is 28.9 Å². The van der Waals surface area contributed by atoms with Crippen LogP contribution in [0.5, 0.6) is 17.2 Å². The summed E-state index contributed by atoms with van der Waals surface area (Å²) in [6, 6.07) is 11.4. The van der Waals surface area contributed by atoms with Crippen LogP contribution in [0.25, 0.3) is 5.76 Å². The number of rotatable bonds is 9. The number of nitrogens with zero attached hydrogens (tertiary/aromatic N) is 2. The van der Waals surface area contributed by atoms with Gasteiger partial charge in [-0.15, -0.1) is 0 Å². The Kier molecular flexibility index (Phi) is 7.41. The lowest BCUT2D eigenvalue weighted by Crippen LogP contribution is -2.32. The second-order valence-electron chi connectivity index (χ2n) is 8.68. The lowest BCUT2D eigenvalue weighted by atomic mass is 9.95. The Morgan fingerprint density at radius 3 is 2.69 bits per heavy atom. The minimum absolute atomic E-state index is 0.0393. The summed E-state index contributed by atoms with van der Waals surface area (Å²) in [6.45, 7) is 5.95. The van der Waals surface area contributed by atoms with E-state index in [0.29, 0.717) is 61.2 Å². The molecule has 0 bridgehead atoms. The standard InChI is InChI=1S/C27H30N2O6/c1-4-13-33-20-8-5-7-18(16-20)24-23(26(31)27(32)29(24)12-6-11-28(2)3)25(30)19-9-10-21-22(17-19)35-15-14-34-21/h4-5,7-10,16-17,24,30H,1,6,11-15H2,2-3H3/t24-/m1/s1. The Morgan fingerprint density at radius 1 is 1.17 bits per heavy atom. The van der Waals surface area contributed by atoms with Crippen molar-refractivity contribution in [3.05, 3.63) is 71.8 Å². The number of likely N-dealkylation sites (tertiary alicyclic amines) is 1. The van der Waals surface area contributed by atoms with Crippen LogP contribution >= 0.6 is 0 Å². The normalized spacial score (nSPS) is 18.7. The molecule has 184 valence electrons. The lowest BCUT2D eigenvalue weighted by Gasteiger charge is -2.26. The maximum Gasteiger partial charge on any atom is 0.295 e. The highest BCUT2D eigenvalue weighted by atomic mass is 16.6. The Bertz CT molecular complexity index is 1160. The molecule has 1 N–H and O–H groups in total. The van der Waals surface area contributed by atoms with Gasteiger partial charge in [-0.25, -0.2) is 0 Å². The summed E-state index contributed by atoms with van der Waals surface area (Å²) in [5.41, 5.74) is 1.09. The van der Waals surface area contributed by atoms with Crippen LogP contribution in [0.3, 0.4) is 0 Å². The van der Waals surface area contributed by atoms with Crippen molar-refractivity contribution in [3.8, 4) is 17.2 Å². The van der Waals surface area contributed by atoms with Crippen LogP contribution in [0.2, 0.25) is 0 Å². The molecule has 1 amide bonds. The molecule has 2 aliphatic rings. The third kappa shape index (κ3) is 5.17. The Labute approximate surface area is 205 Å². The van der Waals surface area contributed by atoms with Gasteiger partial charge in [-0.1, -0.05) is 24.8 Å². The Hall–Kier alpha value is -3.78. The summed E-state index contributed by atoms with van der Waals surface area (Å²) in [5, 5.41) is 11.3. The molecule has 0 aromatic heterocycles. The molecule has 0 aliphatic carbocycles. The first kappa shape index (κ1) is 24.3. The average molecular weight is 479 g/mol. The van der Waals surface area contributed by atoms with Gasteiger partial charge >= 0.3 is 0 Å². The highest BCUT2D eigenvalue weighted by Crippen LogP contribution is 2.41. The smallest absolute Gasteiger partial charge is 0.295 e. The summed E-state index contributed by atoms with van der Waals surface area (Å²) >= 11 is 0. The SMILES string of the molecule is C=CCOc1cccc([C@@H]2C(=C(O)c3ccc4c(c3)OCCO4)C(=O)C(=O)N2CCCN(C)C)c1.